The van der Waals surface area contributed by atoms with Crippen LogP contribution in [-0.2, 0) is 20.7 Å². The number of ether oxygens (including phenoxy) is 1. The van der Waals surface area contributed by atoms with E-state index in [1.807, 2.05) is 0 Å². The molecule has 0 aliphatic heterocycles. The molecule has 0 fully saturated rings. The van der Waals surface area contributed by atoms with Crippen LogP contribution in [-0.4, -0.2) is 25.0 Å². The largest absolute Gasteiger partial charge is 0.467 e. The van der Waals surface area contributed by atoms with Crippen molar-refractivity contribution in [2.45, 2.75) is 25.8 Å². The number of benzene rings is 1. The Morgan fingerprint density at radius 2 is 2.00 bits per heavy atom. The maximum Gasteiger partial charge on any atom is 0.328 e. The highest BCUT2D eigenvalue weighted by Crippen LogP contribution is 2.10. The van der Waals surface area contributed by atoms with Crippen LogP contribution >= 0.6 is 0 Å². The minimum absolute atomic E-state index is 0.166. The summed E-state index contributed by atoms with van der Waals surface area (Å²) in [6.45, 7) is 5.39. The van der Waals surface area contributed by atoms with Crippen molar-refractivity contribution in [1.29, 1.82) is 0 Å². The van der Waals surface area contributed by atoms with Gasteiger partial charge in [0.15, 0.2) is 11.6 Å². The molecule has 0 saturated heterocycles. The quantitative estimate of drug-likeness (QED) is 0.646. The van der Waals surface area contributed by atoms with Crippen LogP contribution in [0.1, 0.15) is 18.9 Å². The normalized spacial score (nSPS) is 11.6. The molecule has 4 nitrogen and oxygen atoms in total. The van der Waals surface area contributed by atoms with Gasteiger partial charge in [-0.05, 0) is 31.0 Å². The third-order valence-electron chi connectivity index (χ3n) is 2.72. The highest BCUT2D eigenvalue weighted by molar-refractivity contribution is 5.85. The van der Waals surface area contributed by atoms with E-state index in [4.69, 9.17) is 0 Å². The average molecular weight is 297 g/mol. The van der Waals surface area contributed by atoms with E-state index in [9.17, 15) is 18.4 Å². The zero-order valence-corrected chi connectivity index (χ0v) is 11.9. The molecule has 0 heterocycles. The molecule has 0 aliphatic rings. The fourth-order valence-corrected chi connectivity index (χ4v) is 1.76. The van der Waals surface area contributed by atoms with Gasteiger partial charge in [-0.3, -0.25) is 4.79 Å². The third-order valence-corrected chi connectivity index (χ3v) is 2.72. The summed E-state index contributed by atoms with van der Waals surface area (Å²) in [6, 6.07) is 2.36. The van der Waals surface area contributed by atoms with Gasteiger partial charge in [0.1, 0.15) is 6.04 Å². The molecule has 0 bridgehead atoms. The molecule has 1 aromatic carbocycles. The summed E-state index contributed by atoms with van der Waals surface area (Å²) in [6.07, 6.45) is 0.0804. The second-order valence-electron chi connectivity index (χ2n) is 4.73. The summed E-state index contributed by atoms with van der Waals surface area (Å²) >= 11 is 0. The first-order valence-electron chi connectivity index (χ1n) is 6.29. The second-order valence-corrected chi connectivity index (χ2v) is 4.73. The Morgan fingerprint density at radius 3 is 2.52 bits per heavy atom. The van der Waals surface area contributed by atoms with Crippen molar-refractivity contribution < 1.29 is 23.1 Å². The van der Waals surface area contributed by atoms with Crippen molar-refractivity contribution in [1.82, 2.24) is 5.32 Å². The molecule has 1 atom stereocenters. The van der Waals surface area contributed by atoms with Gasteiger partial charge < -0.3 is 10.1 Å². The molecule has 0 spiro atoms. The van der Waals surface area contributed by atoms with E-state index < -0.39 is 29.6 Å². The first kappa shape index (κ1) is 16.8. The number of hydrogen-bond donors (Lipinski definition) is 1. The molecule has 0 saturated carbocycles. The van der Waals surface area contributed by atoms with E-state index in [1.54, 1.807) is 6.92 Å². The van der Waals surface area contributed by atoms with Crippen LogP contribution < -0.4 is 5.32 Å². The molecule has 1 aromatic rings. The van der Waals surface area contributed by atoms with Crippen LogP contribution in [0.3, 0.4) is 0 Å². The molecule has 114 valence electrons. The van der Waals surface area contributed by atoms with Gasteiger partial charge in [-0.1, -0.05) is 11.6 Å². The van der Waals surface area contributed by atoms with Crippen molar-refractivity contribution in [3.63, 3.8) is 0 Å². The summed E-state index contributed by atoms with van der Waals surface area (Å²) < 4.78 is 30.4. The Morgan fingerprint density at radius 1 is 1.33 bits per heavy atom. The summed E-state index contributed by atoms with van der Waals surface area (Å²) in [4.78, 5) is 23.4. The molecule has 1 amide bonds. The highest BCUT2D eigenvalue weighted by Gasteiger charge is 2.21. The number of carbonyl (C=O) groups is 2. The number of esters is 1. The molecular formula is C15H17F2NO3. The van der Waals surface area contributed by atoms with Gasteiger partial charge in [0.25, 0.3) is 0 Å². The zero-order chi connectivity index (χ0) is 16.0. The molecule has 21 heavy (non-hydrogen) atoms. The van der Waals surface area contributed by atoms with Crippen LogP contribution in [0.5, 0.6) is 0 Å². The van der Waals surface area contributed by atoms with Gasteiger partial charge in [0.05, 0.1) is 13.5 Å². The van der Waals surface area contributed by atoms with Crippen molar-refractivity contribution in [2.24, 2.45) is 0 Å². The molecular weight excluding hydrogens is 280 g/mol. The van der Waals surface area contributed by atoms with E-state index in [-0.39, 0.29) is 12.8 Å². The van der Waals surface area contributed by atoms with E-state index in [2.05, 4.69) is 16.6 Å². The lowest BCUT2D eigenvalue weighted by Crippen LogP contribution is -2.42. The summed E-state index contributed by atoms with van der Waals surface area (Å²) in [5, 5.41) is 2.49. The van der Waals surface area contributed by atoms with Crippen molar-refractivity contribution in [3.05, 3.63) is 47.5 Å². The number of methoxy groups -OCH3 is 1. The summed E-state index contributed by atoms with van der Waals surface area (Å²) in [7, 11) is 1.22. The number of rotatable bonds is 6. The Bertz CT molecular complexity index is 558. The SMILES string of the molecule is C=C(C)C[C@@H](NC(=O)Cc1ccc(F)c(F)c1)C(=O)OC. The third kappa shape index (κ3) is 5.33. The minimum atomic E-state index is -1.02. The predicted octanol–water partition coefficient (Wildman–Crippen LogP) is 2.13. The van der Waals surface area contributed by atoms with E-state index in [0.29, 0.717) is 11.1 Å². The Kier molecular flexibility index (Phi) is 6.02. The molecule has 1 rings (SSSR count). The lowest BCUT2D eigenvalue weighted by atomic mass is 10.1. The number of nitrogens with one attached hydrogen (secondary N) is 1. The van der Waals surface area contributed by atoms with Gasteiger partial charge in [0.2, 0.25) is 5.91 Å². The van der Waals surface area contributed by atoms with Gasteiger partial charge in [-0.15, -0.1) is 6.58 Å². The lowest BCUT2D eigenvalue weighted by Gasteiger charge is -2.16. The van der Waals surface area contributed by atoms with Crippen LogP contribution in [0.4, 0.5) is 8.78 Å². The predicted molar refractivity (Wildman–Crippen MR) is 73.4 cm³/mol. The molecule has 0 unspecified atom stereocenters. The molecule has 0 radical (unpaired) electrons. The second kappa shape index (κ2) is 7.52. The summed E-state index contributed by atoms with van der Waals surface area (Å²) in [5.41, 5.74) is 1.02. The smallest absolute Gasteiger partial charge is 0.328 e. The minimum Gasteiger partial charge on any atom is -0.467 e. The Balaban J connectivity index is 2.70. The van der Waals surface area contributed by atoms with Crippen LogP contribution in [0.2, 0.25) is 0 Å². The number of carbonyl (C=O) groups excluding carboxylic acids is 2. The number of hydrogen-bond acceptors (Lipinski definition) is 3. The number of amides is 1. The maximum atomic E-state index is 13.1. The van der Waals surface area contributed by atoms with E-state index >= 15 is 0 Å². The van der Waals surface area contributed by atoms with Crippen molar-refractivity contribution >= 4 is 11.9 Å². The summed E-state index contributed by atoms with van der Waals surface area (Å²) in [5.74, 6) is -3.07. The maximum absolute atomic E-state index is 13.1. The monoisotopic (exact) mass is 297 g/mol. The van der Waals surface area contributed by atoms with E-state index in [1.165, 1.54) is 13.2 Å². The Labute approximate surface area is 121 Å². The van der Waals surface area contributed by atoms with Gasteiger partial charge >= 0.3 is 5.97 Å². The van der Waals surface area contributed by atoms with Crippen LogP contribution in [0.25, 0.3) is 0 Å². The average Bonchev–Trinajstić information content (AvgIpc) is 2.40. The first-order valence-corrected chi connectivity index (χ1v) is 6.29. The Hall–Kier alpha value is -2.24. The van der Waals surface area contributed by atoms with Crippen molar-refractivity contribution in [3.8, 4) is 0 Å². The van der Waals surface area contributed by atoms with Gasteiger partial charge in [-0.2, -0.15) is 0 Å². The van der Waals surface area contributed by atoms with Crippen molar-refractivity contribution in [2.75, 3.05) is 7.11 Å². The van der Waals surface area contributed by atoms with E-state index in [0.717, 1.165) is 12.1 Å². The number of halogens is 2. The fraction of sp³-hybridized carbons (Fsp3) is 0.333. The zero-order valence-electron chi connectivity index (χ0n) is 11.9. The first-order chi connectivity index (χ1) is 9.83. The molecule has 6 heteroatoms. The van der Waals surface area contributed by atoms with Crippen LogP contribution in [0.15, 0.2) is 30.4 Å². The molecule has 0 aliphatic carbocycles. The van der Waals surface area contributed by atoms with Gasteiger partial charge in [0, 0.05) is 0 Å². The highest BCUT2D eigenvalue weighted by atomic mass is 19.2. The topological polar surface area (TPSA) is 55.4 Å². The molecule has 1 N–H and O–H groups in total. The lowest BCUT2D eigenvalue weighted by molar-refractivity contribution is -0.145. The van der Waals surface area contributed by atoms with Crippen LogP contribution in [0, 0.1) is 11.6 Å². The molecule has 0 aromatic heterocycles. The van der Waals surface area contributed by atoms with Gasteiger partial charge in [-0.25, -0.2) is 13.6 Å². The standard InChI is InChI=1S/C15H17F2NO3/c1-9(2)6-13(15(20)21-3)18-14(19)8-10-4-5-11(16)12(17)7-10/h4-5,7,13H,1,6,8H2,2-3H3,(H,18,19)/t13-/m1/s1. The fourth-order valence-electron chi connectivity index (χ4n) is 1.76.